The Balaban J connectivity index is 1.67. The first-order valence-corrected chi connectivity index (χ1v) is 9.28. The third kappa shape index (κ3) is 4.66. The summed E-state index contributed by atoms with van der Waals surface area (Å²) in [5.74, 6) is -0.932. The highest BCUT2D eigenvalue weighted by molar-refractivity contribution is 6.00. The lowest BCUT2D eigenvalue weighted by Gasteiger charge is -2.21. The number of aromatic amines is 1. The minimum atomic E-state index is -1.19. The maximum atomic E-state index is 12.4. The van der Waals surface area contributed by atoms with Crippen LogP contribution in [0.15, 0.2) is 17.2 Å². The Bertz CT molecular complexity index is 866. The third-order valence-electron chi connectivity index (χ3n) is 4.89. The van der Waals surface area contributed by atoms with Crippen molar-refractivity contribution < 1.29 is 19.4 Å². The summed E-state index contributed by atoms with van der Waals surface area (Å²) < 4.78 is 7.16. The van der Waals surface area contributed by atoms with Gasteiger partial charge in [0.05, 0.1) is 6.61 Å². The van der Waals surface area contributed by atoms with Crippen molar-refractivity contribution in [2.45, 2.75) is 44.9 Å². The van der Waals surface area contributed by atoms with E-state index in [2.05, 4.69) is 15.4 Å². The molecule has 27 heavy (non-hydrogen) atoms. The summed E-state index contributed by atoms with van der Waals surface area (Å²) in [5, 5.41) is 13.7. The molecule has 1 aliphatic rings. The molecule has 0 aliphatic heterocycles. The first kappa shape index (κ1) is 18.9. The molecule has 2 aromatic rings. The second kappa shape index (κ2) is 8.70. The van der Waals surface area contributed by atoms with Gasteiger partial charge in [-0.25, -0.2) is 9.50 Å². The van der Waals surface area contributed by atoms with Gasteiger partial charge in [-0.05, 0) is 18.8 Å². The number of H-pyrrole nitrogens is 1. The third-order valence-corrected chi connectivity index (χ3v) is 4.89. The number of carbonyl (C=O) groups is 2. The van der Waals surface area contributed by atoms with Crippen LogP contribution in [0, 0.1) is 5.92 Å². The molecule has 0 aromatic carbocycles. The number of hydrogen-bond donors (Lipinski definition) is 3. The molecule has 0 saturated heterocycles. The van der Waals surface area contributed by atoms with Crippen LogP contribution in [-0.2, 0) is 4.79 Å². The van der Waals surface area contributed by atoms with E-state index in [1.54, 1.807) is 0 Å². The molecule has 3 N–H and O–H groups in total. The predicted octanol–water partition coefficient (Wildman–Crippen LogP) is 1.58. The highest BCUT2D eigenvalue weighted by Crippen LogP contribution is 2.27. The van der Waals surface area contributed by atoms with E-state index in [4.69, 9.17) is 9.84 Å². The van der Waals surface area contributed by atoms with Gasteiger partial charge in [0.1, 0.15) is 18.4 Å². The van der Waals surface area contributed by atoms with Crippen molar-refractivity contribution in [1.29, 1.82) is 0 Å². The molecule has 3 rings (SSSR count). The number of nitrogens with one attached hydrogen (secondary N) is 2. The van der Waals surface area contributed by atoms with Crippen LogP contribution in [0.3, 0.4) is 0 Å². The zero-order valence-electron chi connectivity index (χ0n) is 15.1. The zero-order valence-corrected chi connectivity index (χ0v) is 15.1. The van der Waals surface area contributed by atoms with Crippen LogP contribution >= 0.6 is 0 Å². The van der Waals surface area contributed by atoms with E-state index in [-0.39, 0.29) is 17.1 Å². The van der Waals surface area contributed by atoms with Crippen molar-refractivity contribution in [2.75, 3.05) is 13.2 Å². The van der Waals surface area contributed by atoms with Crippen molar-refractivity contribution in [3.63, 3.8) is 0 Å². The molecular formula is C18H24N4O5. The van der Waals surface area contributed by atoms with Crippen LogP contribution in [-0.4, -0.2) is 44.7 Å². The van der Waals surface area contributed by atoms with Gasteiger partial charge in [-0.15, -0.1) is 0 Å². The topological polar surface area (TPSA) is 126 Å². The molecule has 0 spiro atoms. The van der Waals surface area contributed by atoms with Crippen molar-refractivity contribution in [1.82, 2.24) is 19.9 Å². The number of aromatic nitrogens is 3. The van der Waals surface area contributed by atoms with E-state index in [1.165, 1.54) is 49.0 Å². The van der Waals surface area contributed by atoms with Crippen LogP contribution in [0.2, 0.25) is 0 Å². The predicted molar refractivity (Wildman–Crippen MR) is 97.1 cm³/mol. The van der Waals surface area contributed by atoms with Gasteiger partial charge in [-0.1, -0.05) is 32.1 Å². The quantitative estimate of drug-likeness (QED) is 0.601. The summed E-state index contributed by atoms with van der Waals surface area (Å²) >= 11 is 0. The van der Waals surface area contributed by atoms with Crippen molar-refractivity contribution in [3.05, 3.63) is 28.2 Å². The van der Waals surface area contributed by atoms with Gasteiger partial charge in [0.25, 0.3) is 5.91 Å². The average Bonchev–Trinajstić information content (AvgIpc) is 3.13. The van der Waals surface area contributed by atoms with Gasteiger partial charge in [-0.3, -0.25) is 19.5 Å². The zero-order chi connectivity index (χ0) is 19.2. The van der Waals surface area contributed by atoms with Gasteiger partial charge in [0.2, 0.25) is 11.3 Å². The molecule has 1 saturated carbocycles. The Morgan fingerprint density at radius 1 is 1.33 bits per heavy atom. The van der Waals surface area contributed by atoms with E-state index in [0.717, 1.165) is 18.8 Å². The van der Waals surface area contributed by atoms with E-state index < -0.39 is 23.9 Å². The lowest BCUT2D eigenvalue weighted by atomic mass is 9.86. The van der Waals surface area contributed by atoms with Crippen molar-refractivity contribution in [3.8, 4) is 5.88 Å². The Labute approximate surface area is 155 Å². The highest BCUT2D eigenvalue weighted by atomic mass is 16.5. The van der Waals surface area contributed by atoms with E-state index in [9.17, 15) is 14.4 Å². The van der Waals surface area contributed by atoms with Gasteiger partial charge in [0.15, 0.2) is 5.65 Å². The van der Waals surface area contributed by atoms with Gasteiger partial charge in [-0.2, -0.15) is 0 Å². The number of rotatable bonds is 8. The molecule has 1 fully saturated rings. The van der Waals surface area contributed by atoms with Gasteiger partial charge in [0, 0.05) is 6.07 Å². The monoisotopic (exact) mass is 376 g/mol. The number of carbonyl (C=O) groups excluding carboxylic acids is 1. The molecule has 2 aromatic heterocycles. The first-order valence-electron chi connectivity index (χ1n) is 9.28. The number of carboxylic acid groups (broad SMARTS) is 1. The fraction of sp³-hybridized carbons (Fsp3) is 0.556. The number of fused-ring (bicyclic) bond motifs is 1. The van der Waals surface area contributed by atoms with Crippen LogP contribution in [0.5, 0.6) is 5.88 Å². The average molecular weight is 376 g/mol. The molecule has 0 radical (unpaired) electrons. The van der Waals surface area contributed by atoms with Crippen LogP contribution in [0.25, 0.3) is 5.65 Å². The summed E-state index contributed by atoms with van der Waals surface area (Å²) in [6, 6.07) is 1.22. The lowest BCUT2D eigenvalue weighted by molar-refractivity contribution is -0.135. The summed E-state index contributed by atoms with van der Waals surface area (Å²) in [7, 11) is 0. The van der Waals surface area contributed by atoms with Crippen molar-refractivity contribution >= 4 is 17.5 Å². The first-order chi connectivity index (χ1) is 13.1. The summed E-state index contributed by atoms with van der Waals surface area (Å²) in [5.41, 5.74) is -0.674. The van der Waals surface area contributed by atoms with E-state index >= 15 is 0 Å². The second-order valence-corrected chi connectivity index (χ2v) is 6.84. The standard InChI is InChI=1S/C18H24N4O5/c23-13-9-14(27-8-4-7-12-5-2-1-3-6-12)22-17(20-11-21-22)16(13)18(26)19-10-15(24)25/h9,11-12H,1-8,10H2,(H,19,26)(H,20,21)(H,24,25). The molecule has 9 nitrogen and oxygen atoms in total. The van der Waals surface area contributed by atoms with Crippen molar-refractivity contribution in [2.24, 2.45) is 5.92 Å². The normalized spacial score (nSPS) is 15.0. The van der Waals surface area contributed by atoms with Crippen LogP contribution in [0.1, 0.15) is 55.3 Å². The highest BCUT2D eigenvalue weighted by Gasteiger charge is 2.20. The van der Waals surface area contributed by atoms with Gasteiger partial charge >= 0.3 is 5.97 Å². The molecule has 0 bridgehead atoms. The molecule has 0 atom stereocenters. The van der Waals surface area contributed by atoms with E-state index in [1.807, 2.05) is 0 Å². The number of aliphatic carboxylic acids is 1. The Hall–Kier alpha value is -2.84. The molecule has 0 unspecified atom stereocenters. The number of amides is 1. The molecule has 1 aliphatic carbocycles. The number of nitrogens with zero attached hydrogens (tertiary/aromatic N) is 2. The molecule has 2 heterocycles. The fourth-order valence-corrected chi connectivity index (χ4v) is 3.56. The lowest BCUT2D eigenvalue weighted by Crippen LogP contribution is -2.33. The minimum Gasteiger partial charge on any atom is -0.480 e. The largest absolute Gasteiger partial charge is 0.480 e. The molecule has 1 amide bonds. The molecule has 9 heteroatoms. The molecule has 146 valence electrons. The number of hydrogen-bond acceptors (Lipinski definition) is 5. The van der Waals surface area contributed by atoms with Gasteiger partial charge < -0.3 is 15.2 Å². The van der Waals surface area contributed by atoms with E-state index in [0.29, 0.717) is 6.61 Å². The Morgan fingerprint density at radius 2 is 2.11 bits per heavy atom. The van der Waals surface area contributed by atoms with Crippen LogP contribution < -0.4 is 15.5 Å². The maximum absolute atomic E-state index is 12.4. The SMILES string of the molecule is O=C(O)CNC(=O)c1c(=O)cc(OCCCC2CCCCC2)n2[nH]cnc12. The second-order valence-electron chi connectivity index (χ2n) is 6.84. The number of ether oxygens (including phenoxy) is 1. The minimum absolute atomic E-state index is 0.104. The Morgan fingerprint density at radius 3 is 2.85 bits per heavy atom. The smallest absolute Gasteiger partial charge is 0.322 e. The summed E-state index contributed by atoms with van der Waals surface area (Å²) in [6.45, 7) is -0.101. The van der Waals surface area contributed by atoms with Crippen LogP contribution in [0.4, 0.5) is 0 Å². The fourth-order valence-electron chi connectivity index (χ4n) is 3.56. The number of carboxylic acids is 1. The Kier molecular flexibility index (Phi) is 6.10. The molecular weight excluding hydrogens is 352 g/mol. The maximum Gasteiger partial charge on any atom is 0.322 e. The number of pyridine rings is 1. The summed E-state index contributed by atoms with van der Waals surface area (Å²) in [6.07, 6.45) is 9.86. The summed E-state index contributed by atoms with van der Waals surface area (Å²) in [4.78, 5) is 39.1.